The third kappa shape index (κ3) is 2.41. The minimum Gasteiger partial charge on any atom is -0.313 e. The van der Waals surface area contributed by atoms with Gasteiger partial charge < -0.3 is 5.32 Å². The Morgan fingerprint density at radius 2 is 1.53 bits per heavy atom. The summed E-state index contributed by atoms with van der Waals surface area (Å²) in [6.07, 6.45) is 13.4. The quantitative estimate of drug-likeness (QED) is 0.760. The van der Waals surface area contributed by atoms with Gasteiger partial charge in [0.2, 0.25) is 0 Å². The Balaban J connectivity index is 1.62. The van der Waals surface area contributed by atoms with Gasteiger partial charge in [0, 0.05) is 6.04 Å². The highest BCUT2D eigenvalue weighted by Gasteiger charge is 2.55. The molecule has 0 heterocycles. The van der Waals surface area contributed by atoms with Gasteiger partial charge in [-0.1, -0.05) is 32.6 Å². The molecule has 3 fully saturated rings. The lowest BCUT2D eigenvalue weighted by molar-refractivity contribution is 0.307. The second kappa shape index (κ2) is 5.30. The smallest absolute Gasteiger partial charge is 0.0129 e. The van der Waals surface area contributed by atoms with Crippen LogP contribution < -0.4 is 5.32 Å². The van der Waals surface area contributed by atoms with Crippen LogP contribution in [-0.2, 0) is 0 Å². The molecule has 3 saturated carbocycles. The van der Waals surface area contributed by atoms with Crippen molar-refractivity contribution in [2.45, 2.75) is 70.8 Å². The van der Waals surface area contributed by atoms with Crippen molar-refractivity contribution in [3.8, 4) is 0 Å². The third-order valence-corrected chi connectivity index (χ3v) is 5.68. The summed E-state index contributed by atoms with van der Waals surface area (Å²) in [4.78, 5) is 0. The van der Waals surface area contributed by atoms with Crippen molar-refractivity contribution in [3.63, 3.8) is 0 Å². The summed E-state index contributed by atoms with van der Waals surface area (Å²) in [5.74, 6) is 4.35. The van der Waals surface area contributed by atoms with Crippen LogP contribution in [0.1, 0.15) is 64.7 Å². The van der Waals surface area contributed by atoms with Crippen molar-refractivity contribution >= 4 is 0 Å². The first kappa shape index (κ1) is 12.0. The maximum Gasteiger partial charge on any atom is 0.0129 e. The van der Waals surface area contributed by atoms with Gasteiger partial charge >= 0.3 is 0 Å². The van der Waals surface area contributed by atoms with Gasteiger partial charge in [0.15, 0.2) is 0 Å². The molecule has 3 atom stereocenters. The van der Waals surface area contributed by atoms with Crippen molar-refractivity contribution in [2.75, 3.05) is 6.54 Å². The van der Waals surface area contributed by atoms with E-state index in [9.17, 15) is 0 Å². The average molecular weight is 235 g/mol. The standard InChI is InChI=1S/C16H29N/c1-2-11-17-16(12-7-3-4-8-12)15-13-9-5-6-10-14(13)15/h12-17H,2-11H2,1H3. The molecule has 0 amide bonds. The monoisotopic (exact) mass is 235 g/mol. The topological polar surface area (TPSA) is 12.0 Å². The molecule has 1 nitrogen and oxygen atoms in total. The second-order valence-electron chi connectivity index (χ2n) is 6.71. The summed E-state index contributed by atoms with van der Waals surface area (Å²) in [5.41, 5.74) is 0. The summed E-state index contributed by atoms with van der Waals surface area (Å²) in [6, 6.07) is 0.894. The lowest BCUT2D eigenvalue weighted by atomic mass is 9.92. The molecule has 1 N–H and O–H groups in total. The van der Waals surface area contributed by atoms with Crippen LogP contribution in [0.15, 0.2) is 0 Å². The van der Waals surface area contributed by atoms with E-state index < -0.39 is 0 Å². The van der Waals surface area contributed by atoms with E-state index in [1.54, 1.807) is 12.8 Å². The fraction of sp³-hybridized carbons (Fsp3) is 1.00. The molecule has 0 radical (unpaired) electrons. The molecule has 3 aliphatic rings. The Morgan fingerprint density at radius 1 is 0.941 bits per heavy atom. The predicted octanol–water partition coefficient (Wildman–Crippen LogP) is 3.98. The minimum absolute atomic E-state index is 0.894. The Bertz CT molecular complexity index is 232. The Labute approximate surface area is 107 Å². The molecule has 3 aliphatic carbocycles. The van der Waals surface area contributed by atoms with E-state index >= 15 is 0 Å². The van der Waals surface area contributed by atoms with Gasteiger partial charge in [0.1, 0.15) is 0 Å². The second-order valence-corrected chi connectivity index (χ2v) is 6.71. The third-order valence-electron chi connectivity index (χ3n) is 5.68. The lowest BCUT2D eigenvalue weighted by Crippen LogP contribution is -2.38. The molecular formula is C16H29N. The molecular weight excluding hydrogens is 206 g/mol. The van der Waals surface area contributed by atoms with Crippen LogP contribution in [0.25, 0.3) is 0 Å². The number of rotatable bonds is 5. The molecule has 0 aliphatic heterocycles. The zero-order chi connectivity index (χ0) is 11.7. The molecule has 0 aromatic heterocycles. The molecule has 17 heavy (non-hydrogen) atoms. The zero-order valence-electron chi connectivity index (χ0n) is 11.5. The van der Waals surface area contributed by atoms with Crippen molar-refractivity contribution < 1.29 is 0 Å². The van der Waals surface area contributed by atoms with Gasteiger partial charge in [0.05, 0.1) is 0 Å². The number of hydrogen-bond donors (Lipinski definition) is 1. The average Bonchev–Trinajstić information content (AvgIpc) is 2.83. The predicted molar refractivity (Wildman–Crippen MR) is 73.0 cm³/mol. The number of fused-ring (bicyclic) bond motifs is 1. The summed E-state index contributed by atoms with van der Waals surface area (Å²) < 4.78 is 0. The highest BCUT2D eigenvalue weighted by Crippen LogP contribution is 2.58. The van der Waals surface area contributed by atoms with Gasteiger partial charge in [-0.05, 0) is 62.3 Å². The molecule has 0 spiro atoms. The molecule has 0 aromatic rings. The highest BCUT2D eigenvalue weighted by atomic mass is 14.9. The fourth-order valence-electron chi connectivity index (χ4n) is 4.82. The maximum absolute atomic E-state index is 3.93. The molecule has 3 rings (SSSR count). The van der Waals surface area contributed by atoms with E-state index in [0.29, 0.717) is 0 Å². The molecule has 1 heteroatoms. The first-order valence-electron chi connectivity index (χ1n) is 8.15. The highest BCUT2D eigenvalue weighted by molar-refractivity contribution is 5.06. The maximum atomic E-state index is 3.93. The largest absolute Gasteiger partial charge is 0.313 e. The molecule has 0 bridgehead atoms. The van der Waals surface area contributed by atoms with Gasteiger partial charge in [-0.15, -0.1) is 0 Å². The van der Waals surface area contributed by atoms with E-state index in [1.165, 1.54) is 51.5 Å². The van der Waals surface area contributed by atoms with Gasteiger partial charge in [-0.2, -0.15) is 0 Å². The van der Waals surface area contributed by atoms with E-state index in [4.69, 9.17) is 0 Å². The van der Waals surface area contributed by atoms with Crippen LogP contribution in [0.4, 0.5) is 0 Å². The number of hydrogen-bond acceptors (Lipinski definition) is 1. The minimum atomic E-state index is 0.894. The van der Waals surface area contributed by atoms with Crippen LogP contribution in [-0.4, -0.2) is 12.6 Å². The van der Waals surface area contributed by atoms with E-state index in [0.717, 1.165) is 29.7 Å². The van der Waals surface area contributed by atoms with Crippen molar-refractivity contribution in [1.29, 1.82) is 0 Å². The summed E-state index contributed by atoms with van der Waals surface area (Å²) in [5, 5.41) is 3.93. The van der Waals surface area contributed by atoms with Gasteiger partial charge in [0.25, 0.3) is 0 Å². The van der Waals surface area contributed by atoms with E-state index in [1.807, 2.05) is 0 Å². The first-order valence-corrected chi connectivity index (χ1v) is 8.15. The van der Waals surface area contributed by atoms with Crippen LogP contribution in [0.2, 0.25) is 0 Å². The van der Waals surface area contributed by atoms with Crippen molar-refractivity contribution in [1.82, 2.24) is 5.32 Å². The molecule has 0 saturated heterocycles. The normalized spacial score (nSPS) is 39.0. The zero-order valence-corrected chi connectivity index (χ0v) is 11.5. The first-order chi connectivity index (χ1) is 8.42. The summed E-state index contributed by atoms with van der Waals surface area (Å²) >= 11 is 0. The van der Waals surface area contributed by atoms with Crippen LogP contribution in [0.3, 0.4) is 0 Å². The van der Waals surface area contributed by atoms with E-state index in [2.05, 4.69) is 12.2 Å². The van der Waals surface area contributed by atoms with Crippen molar-refractivity contribution in [2.24, 2.45) is 23.7 Å². The molecule has 98 valence electrons. The van der Waals surface area contributed by atoms with Gasteiger partial charge in [-0.3, -0.25) is 0 Å². The Morgan fingerprint density at radius 3 is 2.12 bits per heavy atom. The van der Waals surface area contributed by atoms with E-state index in [-0.39, 0.29) is 0 Å². The molecule has 3 unspecified atom stereocenters. The van der Waals surface area contributed by atoms with Crippen molar-refractivity contribution in [3.05, 3.63) is 0 Å². The van der Waals surface area contributed by atoms with Crippen LogP contribution in [0, 0.1) is 23.7 Å². The lowest BCUT2D eigenvalue weighted by Gasteiger charge is -2.25. The summed E-state index contributed by atoms with van der Waals surface area (Å²) in [7, 11) is 0. The number of nitrogens with one attached hydrogen (secondary N) is 1. The molecule has 0 aromatic carbocycles. The Kier molecular flexibility index (Phi) is 3.75. The van der Waals surface area contributed by atoms with Crippen LogP contribution in [0.5, 0.6) is 0 Å². The fourth-order valence-corrected chi connectivity index (χ4v) is 4.82. The Hall–Kier alpha value is -0.0400. The van der Waals surface area contributed by atoms with Crippen LogP contribution >= 0.6 is 0 Å². The van der Waals surface area contributed by atoms with Gasteiger partial charge in [-0.25, -0.2) is 0 Å². The SMILES string of the molecule is CCCNC(C1CCCC1)C1C2CCCCC21. The summed E-state index contributed by atoms with van der Waals surface area (Å²) in [6.45, 7) is 3.55.